The summed E-state index contributed by atoms with van der Waals surface area (Å²) in [4.78, 5) is 0. The third kappa shape index (κ3) is 4.82. The van der Waals surface area contributed by atoms with Gasteiger partial charge in [-0.2, -0.15) is 0 Å². The van der Waals surface area contributed by atoms with Gasteiger partial charge in [0.25, 0.3) is 0 Å². The number of hydrogen-bond donors (Lipinski definition) is 0. The Bertz CT molecular complexity index is 402. The zero-order valence-corrected chi connectivity index (χ0v) is 13.9. The zero-order chi connectivity index (χ0) is 15.1. The van der Waals surface area contributed by atoms with Crippen molar-refractivity contribution in [2.45, 2.75) is 65.6 Å². The average Bonchev–Trinajstić information content (AvgIpc) is 2.50. The van der Waals surface area contributed by atoms with E-state index in [1.807, 2.05) is 0 Å². The van der Waals surface area contributed by atoms with Gasteiger partial charge in [0.15, 0.2) is 6.29 Å². The average molecular weight is 290 g/mol. The molecule has 0 saturated carbocycles. The van der Waals surface area contributed by atoms with Gasteiger partial charge in [-0.15, -0.1) is 0 Å². The quantitative estimate of drug-likeness (QED) is 0.637. The predicted octanol–water partition coefficient (Wildman–Crippen LogP) is 5.27. The highest BCUT2D eigenvalue weighted by Crippen LogP contribution is 2.35. The molecule has 0 bridgehead atoms. The maximum atomic E-state index is 5.99. The van der Waals surface area contributed by atoms with E-state index < -0.39 is 0 Å². The van der Waals surface area contributed by atoms with E-state index >= 15 is 0 Å². The number of aryl methyl sites for hydroxylation is 1. The number of benzene rings is 1. The second kappa shape index (κ2) is 7.95. The van der Waals surface area contributed by atoms with Crippen molar-refractivity contribution in [1.29, 1.82) is 0 Å². The highest BCUT2D eigenvalue weighted by atomic mass is 16.7. The van der Waals surface area contributed by atoms with E-state index in [-0.39, 0.29) is 11.7 Å². The molecule has 0 radical (unpaired) electrons. The minimum absolute atomic E-state index is 0.181. The normalized spacial score (nSPS) is 26.0. The monoisotopic (exact) mass is 290 g/mol. The maximum absolute atomic E-state index is 5.99. The SMILES string of the molecule is CCCCC[C@]1(C)CO[C@@H](c2ccc(CCC)cc2)OC1. The Morgan fingerprint density at radius 2 is 1.67 bits per heavy atom. The minimum atomic E-state index is -0.181. The van der Waals surface area contributed by atoms with E-state index in [0.29, 0.717) is 0 Å². The standard InChI is InChI=1S/C19H30O2/c1-4-6-7-13-19(3)14-20-18(21-15-19)17-11-9-16(8-5-2)10-12-17/h9-12,18H,4-8,13-15H2,1-3H3/t18-,19-. The molecule has 1 aliphatic rings. The zero-order valence-electron chi connectivity index (χ0n) is 13.9. The molecule has 0 N–H and O–H groups in total. The van der Waals surface area contributed by atoms with Crippen LogP contribution in [0.2, 0.25) is 0 Å². The number of unbranched alkanes of at least 4 members (excludes halogenated alkanes) is 2. The Morgan fingerprint density at radius 3 is 2.24 bits per heavy atom. The van der Waals surface area contributed by atoms with E-state index in [1.165, 1.54) is 37.7 Å². The van der Waals surface area contributed by atoms with Crippen molar-refractivity contribution in [3.05, 3.63) is 35.4 Å². The molecule has 2 heteroatoms. The predicted molar refractivity (Wildman–Crippen MR) is 87.3 cm³/mol. The van der Waals surface area contributed by atoms with Gasteiger partial charge in [-0.25, -0.2) is 0 Å². The van der Waals surface area contributed by atoms with Crippen LogP contribution in [0.25, 0.3) is 0 Å². The van der Waals surface area contributed by atoms with Crippen molar-refractivity contribution in [3.8, 4) is 0 Å². The Kier molecular flexibility index (Phi) is 6.25. The molecule has 1 aliphatic heterocycles. The van der Waals surface area contributed by atoms with Gasteiger partial charge in [-0.1, -0.05) is 70.7 Å². The first-order valence-corrected chi connectivity index (χ1v) is 8.49. The molecule has 0 amide bonds. The van der Waals surface area contributed by atoms with Crippen LogP contribution in [0, 0.1) is 5.41 Å². The largest absolute Gasteiger partial charge is 0.348 e. The second-order valence-electron chi connectivity index (χ2n) is 6.71. The topological polar surface area (TPSA) is 18.5 Å². The lowest BCUT2D eigenvalue weighted by atomic mass is 9.85. The lowest BCUT2D eigenvalue weighted by Gasteiger charge is -2.37. The van der Waals surface area contributed by atoms with E-state index in [2.05, 4.69) is 45.0 Å². The molecule has 118 valence electrons. The fourth-order valence-electron chi connectivity index (χ4n) is 2.91. The van der Waals surface area contributed by atoms with Crippen LogP contribution in [0.4, 0.5) is 0 Å². The highest BCUT2D eigenvalue weighted by Gasteiger charge is 2.32. The molecule has 0 spiro atoms. The van der Waals surface area contributed by atoms with Crippen LogP contribution in [-0.2, 0) is 15.9 Å². The van der Waals surface area contributed by atoms with Crippen molar-refractivity contribution in [1.82, 2.24) is 0 Å². The Balaban J connectivity index is 1.85. The van der Waals surface area contributed by atoms with Gasteiger partial charge in [0.2, 0.25) is 0 Å². The van der Waals surface area contributed by atoms with Gasteiger partial charge in [0, 0.05) is 11.0 Å². The summed E-state index contributed by atoms with van der Waals surface area (Å²) in [5.74, 6) is 0. The van der Waals surface area contributed by atoms with E-state index in [4.69, 9.17) is 9.47 Å². The van der Waals surface area contributed by atoms with Crippen molar-refractivity contribution in [2.75, 3.05) is 13.2 Å². The molecule has 2 rings (SSSR count). The molecule has 0 unspecified atom stereocenters. The van der Waals surface area contributed by atoms with Crippen LogP contribution in [0.3, 0.4) is 0 Å². The molecule has 0 aliphatic carbocycles. The van der Waals surface area contributed by atoms with Gasteiger partial charge in [0.05, 0.1) is 13.2 Å². The van der Waals surface area contributed by atoms with Gasteiger partial charge >= 0.3 is 0 Å². The van der Waals surface area contributed by atoms with Crippen LogP contribution in [0.1, 0.15) is 70.3 Å². The molecular weight excluding hydrogens is 260 g/mol. The molecule has 0 aromatic heterocycles. The molecule has 1 heterocycles. The van der Waals surface area contributed by atoms with Crippen LogP contribution >= 0.6 is 0 Å². The van der Waals surface area contributed by atoms with Crippen LogP contribution in [-0.4, -0.2) is 13.2 Å². The van der Waals surface area contributed by atoms with Crippen LogP contribution in [0.5, 0.6) is 0 Å². The first kappa shape index (κ1) is 16.5. The van der Waals surface area contributed by atoms with Crippen molar-refractivity contribution in [2.24, 2.45) is 5.41 Å². The maximum Gasteiger partial charge on any atom is 0.183 e. The van der Waals surface area contributed by atoms with Crippen molar-refractivity contribution < 1.29 is 9.47 Å². The first-order valence-electron chi connectivity index (χ1n) is 8.49. The number of rotatable bonds is 7. The molecule has 1 aromatic rings. The van der Waals surface area contributed by atoms with Crippen molar-refractivity contribution in [3.63, 3.8) is 0 Å². The van der Waals surface area contributed by atoms with Gasteiger partial charge in [-0.3, -0.25) is 0 Å². The molecule has 21 heavy (non-hydrogen) atoms. The summed E-state index contributed by atoms with van der Waals surface area (Å²) in [6.45, 7) is 8.34. The summed E-state index contributed by atoms with van der Waals surface area (Å²) in [7, 11) is 0. The van der Waals surface area contributed by atoms with E-state index in [0.717, 1.165) is 25.2 Å². The van der Waals surface area contributed by atoms with Gasteiger partial charge in [0.1, 0.15) is 0 Å². The molecule has 2 nitrogen and oxygen atoms in total. The molecule has 1 fully saturated rings. The third-order valence-electron chi connectivity index (χ3n) is 4.34. The van der Waals surface area contributed by atoms with Crippen LogP contribution in [0.15, 0.2) is 24.3 Å². The Labute approximate surface area is 129 Å². The lowest BCUT2D eigenvalue weighted by molar-refractivity contribution is -0.231. The molecule has 1 aromatic carbocycles. The minimum Gasteiger partial charge on any atom is -0.348 e. The summed E-state index contributed by atoms with van der Waals surface area (Å²) in [6, 6.07) is 8.69. The molecule has 0 atom stereocenters. The fraction of sp³-hybridized carbons (Fsp3) is 0.684. The fourth-order valence-corrected chi connectivity index (χ4v) is 2.91. The summed E-state index contributed by atoms with van der Waals surface area (Å²) >= 11 is 0. The Morgan fingerprint density at radius 1 is 1.00 bits per heavy atom. The highest BCUT2D eigenvalue weighted by molar-refractivity contribution is 5.23. The second-order valence-corrected chi connectivity index (χ2v) is 6.71. The van der Waals surface area contributed by atoms with Gasteiger partial charge < -0.3 is 9.47 Å². The molecule has 1 saturated heterocycles. The summed E-state index contributed by atoms with van der Waals surface area (Å²) in [5, 5.41) is 0. The van der Waals surface area contributed by atoms with E-state index in [1.54, 1.807) is 0 Å². The number of ether oxygens (including phenoxy) is 2. The van der Waals surface area contributed by atoms with Crippen molar-refractivity contribution >= 4 is 0 Å². The first-order chi connectivity index (χ1) is 10.2. The van der Waals surface area contributed by atoms with Gasteiger partial charge in [-0.05, 0) is 18.4 Å². The smallest absolute Gasteiger partial charge is 0.183 e. The number of hydrogen-bond acceptors (Lipinski definition) is 2. The van der Waals surface area contributed by atoms with E-state index in [9.17, 15) is 0 Å². The summed E-state index contributed by atoms with van der Waals surface area (Å²) in [5.41, 5.74) is 2.72. The van der Waals surface area contributed by atoms with Crippen LogP contribution < -0.4 is 0 Å². The third-order valence-corrected chi connectivity index (χ3v) is 4.34. The molecular formula is C19H30O2. The summed E-state index contributed by atoms with van der Waals surface area (Å²) in [6.07, 6.45) is 7.19. The lowest BCUT2D eigenvalue weighted by Crippen LogP contribution is -2.36. The Hall–Kier alpha value is -0.860. The summed E-state index contributed by atoms with van der Waals surface area (Å²) < 4.78 is 12.0.